The van der Waals surface area contributed by atoms with Gasteiger partial charge in [-0.15, -0.1) is 0 Å². The number of carbonyl (C=O) groups is 1. The molecule has 0 aromatic carbocycles. The zero-order valence-corrected chi connectivity index (χ0v) is 8.66. The third-order valence-corrected chi connectivity index (χ3v) is 2.96. The lowest BCUT2D eigenvalue weighted by molar-refractivity contribution is -0.390. The minimum absolute atomic E-state index is 0.198. The molecule has 1 fully saturated rings. The van der Waals surface area contributed by atoms with Crippen molar-refractivity contribution in [2.45, 2.75) is 25.8 Å². The number of carboxylic acid groups (broad SMARTS) is 1. The second-order valence-corrected chi connectivity index (χ2v) is 3.96. The molecule has 86 valence electrons. The van der Waals surface area contributed by atoms with Crippen molar-refractivity contribution in [3.63, 3.8) is 0 Å². The Kier molecular flexibility index (Phi) is 2.37. The SMILES string of the molecule is Cc1cn(C2CCC2C(=O)O)nc1[N+](=O)[O-]. The molecule has 0 radical (unpaired) electrons. The van der Waals surface area contributed by atoms with Gasteiger partial charge in [0, 0.05) is 0 Å². The molecule has 1 N–H and O–H groups in total. The molecule has 1 aliphatic rings. The van der Waals surface area contributed by atoms with Crippen molar-refractivity contribution in [3.05, 3.63) is 21.9 Å². The maximum atomic E-state index is 10.8. The highest BCUT2D eigenvalue weighted by molar-refractivity contribution is 5.71. The lowest BCUT2D eigenvalue weighted by Gasteiger charge is -2.31. The standard InChI is InChI=1S/C9H11N3O4/c1-5-4-11(10-8(5)12(15)16)7-3-2-6(7)9(13)14/h4,6-7H,2-3H2,1H3,(H,13,14). The number of rotatable bonds is 3. The molecule has 1 aromatic rings. The molecule has 2 rings (SSSR count). The average molecular weight is 225 g/mol. The van der Waals surface area contributed by atoms with Crippen molar-refractivity contribution in [1.29, 1.82) is 0 Å². The predicted octanol–water partition coefficient (Wildman–Crippen LogP) is 1.14. The molecule has 0 spiro atoms. The van der Waals surface area contributed by atoms with Crippen molar-refractivity contribution in [2.24, 2.45) is 5.92 Å². The van der Waals surface area contributed by atoms with E-state index >= 15 is 0 Å². The summed E-state index contributed by atoms with van der Waals surface area (Å²) >= 11 is 0. The maximum Gasteiger partial charge on any atom is 0.392 e. The third kappa shape index (κ3) is 1.54. The molecule has 1 heterocycles. The Balaban J connectivity index is 2.25. The van der Waals surface area contributed by atoms with Crippen LogP contribution >= 0.6 is 0 Å². The highest BCUT2D eigenvalue weighted by Gasteiger charge is 2.40. The number of carboxylic acids is 1. The highest BCUT2D eigenvalue weighted by Crippen LogP contribution is 2.39. The lowest BCUT2D eigenvalue weighted by Crippen LogP contribution is -2.35. The predicted molar refractivity (Wildman–Crippen MR) is 53.0 cm³/mol. The maximum absolute atomic E-state index is 10.8. The topological polar surface area (TPSA) is 98.3 Å². The zero-order chi connectivity index (χ0) is 11.9. The van der Waals surface area contributed by atoms with Gasteiger partial charge in [0.05, 0.1) is 28.8 Å². The summed E-state index contributed by atoms with van der Waals surface area (Å²) in [6.07, 6.45) is 2.85. The van der Waals surface area contributed by atoms with Gasteiger partial charge >= 0.3 is 11.8 Å². The van der Waals surface area contributed by atoms with Gasteiger partial charge in [0.15, 0.2) is 0 Å². The minimum atomic E-state index is -0.868. The highest BCUT2D eigenvalue weighted by atomic mass is 16.6. The summed E-state index contributed by atoms with van der Waals surface area (Å²) in [5, 5.41) is 23.3. The Bertz CT molecular complexity index is 454. The minimum Gasteiger partial charge on any atom is -0.481 e. The smallest absolute Gasteiger partial charge is 0.392 e. The van der Waals surface area contributed by atoms with E-state index in [9.17, 15) is 14.9 Å². The molecule has 0 amide bonds. The second-order valence-electron chi connectivity index (χ2n) is 3.96. The van der Waals surface area contributed by atoms with Crippen molar-refractivity contribution in [3.8, 4) is 0 Å². The fourth-order valence-corrected chi connectivity index (χ4v) is 1.91. The average Bonchev–Trinajstić information content (AvgIpc) is 2.43. The van der Waals surface area contributed by atoms with Gasteiger partial charge in [0.25, 0.3) is 0 Å². The van der Waals surface area contributed by atoms with Crippen LogP contribution in [0, 0.1) is 23.0 Å². The summed E-state index contributed by atoms with van der Waals surface area (Å²) in [7, 11) is 0. The van der Waals surface area contributed by atoms with E-state index in [1.807, 2.05) is 0 Å². The molecular weight excluding hydrogens is 214 g/mol. The van der Waals surface area contributed by atoms with Crippen molar-refractivity contribution >= 4 is 11.8 Å². The first-order chi connectivity index (χ1) is 7.50. The zero-order valence-electron chi connectivity index (χ0n) is 8.66. The normalized spacial score (nSPS) is 23.8. The fourth-order valence-electron chi connectivity index (χ4n) is 1.91. The molecular formula is C9H11N3O4. The number of nitro groups is 1. The third-order valence-electron chi connectivity index (χ3n) is 2.96. The van der Waals surface area contributed by atoms with E-state index < -0.39 is 16.8 Å². The van der Waals surface area contributed by atoms with Crippen LogP contribution in [0.25, 0.3) is 0 Å². The van der Waals surface area contributed by atoms with Gasteiger partial charge in [0.1, 0.15) is 0 Å². The van der Waals surface area contributed by atoms with Crippen LogP contribution in [0.3, 0.4) is 0 Å². The number of nitrogens with zero attached hydrogens (tertiary/aromatic N) is 3. The van der Waals surface area contributed by atoms with E-state index in [0.717, 1.165) is 0 Å². The summed E-state index contributed by atoms with van der Waals surface area (Å²) in [5.41, 5.74) is 0.459. The van der Waals surface area contributed by atoms with Gasteiger partial charge in [-0.3, -0.25) is 4.79 Å². The Morgan fingerprint density at radius 3 is 2.75 bits per heavy atom. The van der Waals surface area contributed by atoms with Crippen LogP contribution in [-0.2, 0) is 4.79 Å². The summed E-state index contributed by atoms with van der Waals surface area (Å²) in [4.78, 5) is 20.9. The first kappa shape index (κ1) is 10.6. The molecule has 0 saturated heterocycles. The van der Waals surface area contributed by atoms with Gasteiger partial charge in [-0.2, -0.15) is 4.68 Å². The van der Waals surface area contributed by atoms with Gasteiger partial charge in [-0.05, 0) is 24.7 Å². The Morgan fingerprint density at radius 1 is 1.69 bits per heavy atom. The molecule has 16 heavy (non-hydrogen) atoms. The largest absolute Gasteiger partial charge is 0.481 e. The number of hydrogen-bond donors (Lipinski definition) is 1. The van der Waals surface area contributed by atoms with Crippen LogP contribution in [-0.4, -0.2) is 25.8 Å². The number of aromatic nitrogens is 2. The molecule has 7 nitrogen and oxygen atoms in total. The van der Waals surface area contributed by atoms with E-state index in [-0.39, 0.29) is 11.9 Å². The first-order valence-corrected chi connectivity index (χ1v) is 4.93. The molecule has 0 bridgehead atoms. The molecule has 7 heteroatoms. The molecule has 1 saturated carbocycles. The lowest BCUT2D eigenvalue weighted by atomic mass is 9.80. The van der Waals surface area contributed by atoms with Gasteiger partial charge in [0.2, 0.25) is 0 Å². The monoisotopic (exact) mass is 225 g/mol. The number of aliphatic carboxylic acids is 1. The van der Waals surface area contributed by atoms with Crippen LogP contribution in [0.15, 0.2) is 6.20 Å². The number of aryl methyl sites for hydroxylation is 1. The summed E-state index contributed by atoms with van der Waals surface area (Å²) in [5.74, 6) is -1.54. The summed E-state index contributed by atoms with van der Waals surface area (Å²) in [6.45, 7) is 1.59. The van der Waals surface area contributed by atoms with E-state index in [0.29, 0.717) is 18.4 Å². The van der Waals surface area contributed by atoms with Crippen LogP contribution in [0.2, 0.25) is 0 Å². The van der Waals surface area contributed by atoms with E-state index in [1.54, 1.807) is 6.92 Å². The molecule has 2 atom stereocenters. The second kappa shape index (κ2) is 3.58. The summed E-state index contributed by atoms with van der Waals surface area (Å²) in [6, 6.07) is -0.245. The van der Waals surface area contributed by atoms with Crippen molar-refractivity contribution < 1.29 is 14.8 Å². The van der Waals surface area contributed by atoms with Crippen LogP contribution < -0.4 is 0 Å². The molecule has 1 aromatic heterocycles. The Morgan fingerprint density at radius 2 is 2.38 bits per heavy atom. The van der Waals surface area contributed by atoms with Gasteiger partial charge < -0.3 is 15.2 Å². The van der Waals surface area contributed by atoms with Crippen LogP contribution in [0.1, 0.15) is 24.4 Å². The quantitative estimate of drug-likeness (QED) is 0.614. The van der Waals surface area contributed by atoms with E-state index in [1.165, 1.54) is 10.9 Å². The van der Waals surface area contributed by atoms with Crippen LogP contribution in [0.4, 0.5) is 5.82 Å². The van der Waals surface area contributed by atoms with E-state index in [4.69, 9.17) is 5.11 Å². The van der Waals surface area contributed by atoms with Crippen molar-refractivity contribution in [2.75, 3.05) is 0 Å². The summed E-state index contributed by atoms with van der Waals surface area (Å²) < 4.78 is 1.41. The van der Waals surface area contributed by atoms with Gasteiger partial charge in [-0.25, -0.2) is 0 Å². The molecule has 1 aliphatic carbocycles. The number of hydrogen-bond acceptors (Lipinski definition) is 4. The Hall–Kier alpha value is -1.92. The van der Waals surface area contributed by atoms with Crippen LogP contribution in [0.5, 0.6) is 0 Å². The Labute approximate surface area is 90.8 Å². The van der Waals surface area contributed by atoms with Crippen molar-refractivity contribution in [1.82, 2.24) is 9.78 Å². The van der Waals surface area contributed by atoms with Gasteiger partial charge in [-0.1, -0.05) is 0 Å². The fraction of sp³-hybridized carbons (Fsp3) is 0.556. The first-order valence-electron chi connectivity index (χ1n) is 4.93. The molecule has 2 unspecified atom stereocenters. The van der Waals surface area contributed by atoms with E-state index in [2.05, 4.69) is 5.10 Å². The molecule has 0 aliphatic heterocycles.